The lowest BCUT2D eigenvalue weighted by molar-refractivity contribution is 0.0164. The molecular weight excluding hydrogens is 278 g/mol. The number of nitrogens with zero attached hydrogens (tertiary/aromatic N) is 1. The van der Waals surface area contributed by atoms with Gasteiger partial charge in [0.05, 0.1) is 5.60 Å². The fraction of sp³-hybridized carbons (Fsp3) is 0.941. The molecule has 1 heterocycles. The van der Waals surface area contributed by atoms with Gasteiger partial charge in [-0.05, 0) is 52.0 Å². The van der Waals surface area contributed by atoms with Crippen molar-refractivity contribution >= 4 is 6.03 Å². The maximum absolute atomic E-state index is 12.0. The van der Waals surface area contributed by atoms with E-state index in [9.17, 15) is 9.90 Å². The Morgan fingerprint density at radius 2 is 1.86 bits per heavy atom. The van der Waals surface area contributed by atoms with Crippen LogP contribution in [0, 0.1) is 11.8 Å². The lowest BCUT2D eigenvalue weighted by Crippen LogP contribution is -2.56. The highest BCUT2D eigenvalue weighted by Crippen LogP contribution is 2.23. The molecule has 5 nitrogen and oxygen atoms in total. The average molecular weight is 313 g/mol. The molecule has 2 amide bonds. The zero-order chi connectivity index (χ0) is 17.0. The molecule has 0 radical (unpaired) electrons. The van der Waals surface area contributed by atoms with Crippen molar-refractivity contribution in [2.45, 2.75) is 65.5 Å². The summed E-state index contributed by atoms with van der Waals surface area (Å²) < 4.78 is 0. The van der Waals surface area contributed by atoms with E-state index < -0.39 is 5.60 Å². The third kappa shape index (κ3) is 5.76. The topological polar surface area (TPSA) is 64.6 Å². The summed E-state index contributed by atoms with van der Waals surface area (Å²) in [6, 6.07) is -0.209. The van der Waals surface area contributed by atoms with E-state index in [0.29, 0.717) is 6.54 Å². The Hall–Kier alpha value is -0.810. The largest absolute Gasteiger partial charge is 0.388 e. The molecule has 0 aliphatic carbocycles. The van der Waals surface area contributed by atoms with Crippen molar-refractivity contribution in [3.05, 3.63) is 0 Å². The first kappa shape index (κ1) is 19.2. The van der Waals surface area contributed by atoms with E-state index >= 15 is 0 Å². The van der Waals surface area contributed by atoms with Gasteiger partial charge in [0.1, 0.15) is 0 Å². The molecule has 22 heavy (non-hydrogen) atoms. The molecule has 1 fully saturated rings. The first-order chi connectivity index (χ1) is 10.0. The third-order valence-electron chi connectivity index (χ3n) is 5.05. The molecule has 2 atom stereocenters. The Bertz CT molecular complexity index is 367. The number of carbonyl (C=O) groups excluding carboxylic acids is 1. The second kappa shape index (κ2) is 7.64. The van der Waals surface area contributed by atoms with Gasteiger partial charge in [-0.3, -0.25) is 4.90 Å². The van der Waals surface area contributed by atoms with Gasteiger partial charge in [0.25, 0.3) is 0 Å². The van der Waals surface area contributed by atoms with Crippen molar-refractivity contribution < 1.29 is 9.90 Å². The van der Waals surface area contributed by atoms with E-state index in [-0.39, 0.29) is 24.0 Å². The molecule has 1 saturated heterocycles. The summed E-state index contributed by atoms with van der Waals surface area (Å²) in [7, 11) is 0. The van der Waals surface area contributed by atoms with Gasteiger partial charge in [0.15, 0.2) is 0 Å². The summed E-state index contributed by atoms with van der Waals surface area (Å²) in [4.78, 5) is 14.4. The number of rotatable bonds is 6. The van der Waals surface area contributed by atoms with E-state index in [1.807, 2.05) is 13.8 Å². The summed E-state index contributed by atoms with van der Waals surface area (Å²) in [5, 5.41) is 15.9. The molecule has 0 aromatic rings. The van der Waals surface area contributed by atoms with Gasteiger partial charge in [-0.25, -0.2) is 4.79 Å². The smallest absolute Gasteiger partial charge is 0.314 e. The first-order valence-electron chi connectivity index (χ1n) is 8.54. The number of piperidine rings is 1. The zero-order valence-electron chi connectivity index (χ0n) is 15.2. The minimum absolute atomic E-state index is 0.0490. The quantitative estimate of drug-likeness (QED) is 0.704. The van der Waals surface area contributed by atoms with Crippen LogP contribution in [0.5, 0.6) is 0 Å². The predicted octanol–water partition coefficient (Wildman–Crippen LogP) is 2.20. The second-order valence-corrected chi connectivity index (χ2v) is 8.05. The Morgan fingerprint density at radius 3 is 2.41 bits per heavy atom. The van der Waals surface area contributed by atoms with E-state index in [4.69, 9.17) is 0 Å². The molecule has 0 spiro atoms. The van der Waals surface area contributed by atoms with Gasteiger partial charge in [-0.15, -0.1) is 0 Å². The molecule has 0 aromatic heterocycles. The molecule has 130 valence electrons. The summed E-state index contributed by atoms with van der Waals surface area (Å²) in [5.74, 6) is 0.821. The fourth-order valence-corrected chi connectivity index (χ4v) is 2.67. The molecule has 3 N–H and O–H groups in total. The number of urea groups is 1. The highest BCUT2D eigenvalue weighted by Gasteiger charge is 2.31. The monoisotopic (exact) mass is 313 g/mol. The molecule has 5 heteroatoms. The Morgan fingerprint density at radius 1 is 1.27 bits per heavy atom. The SMILES string of the molecule is CC1CCCN(C(C)(C)CNC(=O)NCC(C)(O)C(C)C)C1. The van der Waals surface area contributed by atoms with Crippen LogP contribution < -0.4 is 10.6 Å². The number of nitrogens with one attached hydrogen (secondary N) is 2. The van der Waals surface area contributed by atoms with Crippen LogP contribution in [0.3, 0.4) is 0 Å². The van der Waals surface area contributed by atoms with Crippen LogP contribution >= 0.6 is 0 Å². The number of likely N-dealkylation sites (tertiary alicyclic amines) is 1. The van der Waals surface area contributed by atoms with Crippen LogP contribution in [-0.2, 0) is 0 Å². The van der Waals surface area contributed by atoms with Gasteiger partial charge >= 0.3 is 6.03 Å². The van der Waals surface area contributed by atoms with Gasteiger partial charge < -0.3 is 15.7 Å². The Kier molecular flexibility index (Phi) is 6.68. The van der Waals surface area contributed by atoms with Gasteiger partial charge in [0, 0.05) is 25.2 Å². The summed E-state index contributed by atoms with van der Waals surface area (Å²) >= 11 is 0. The molecule has 2 unspecified atom stereocenters. The molecule has 0 saturated carbocycles. The standard InChI is InChI=1S/C17H35N3O2/c1-13(2)17(6,22)12-19-15(21)18-11-16(4,5)20-9-7-8-14(3)10-20/h13-14,22H,7-12H2,1-6H3,(H2,18,19,21). The molecule has 1 aliphatic rings. The Balaban J connectivity index is 2.39. The molecule has 0 bridgehead atoms. The summed E-state index contributed by atoms with van der Waals surface area (Å²) in [5.41, 5.74) is -0.929. The van der Waals surface area contributed by atoms with Gasteiger partial charge in [0.2, 0.25) is 0 Å². The highest BCUT2D eigenvalue weighted by molar-refractivity contribution is 5.74. The van der Waals surface area contributed by atoms with E-state index in [2.05, 4.69) is 36.3 Å². The predicted molar refractivity (Wildman–Crippen MR) is 90.9 cm³/mol. The second-order valence-electron chi connectivity index (χ2n) is 8.05. The molecule has 1 rings (SSSR count). The number of hydrogen-bond donors (Lipinski definition) is 3. The summed E-state index contributed by atoms with van der Waals surface area (Å²) in [6.45, 7) is 15.3. The maximum atomic E-state index is 12.0. The van der Waals surface area contributed by atoms with Crippen molar-refractivity contribution in [1.29, 1.82) is 0 Å². The van der Waals surface area contributed by atoms with Crippen molar-refractivity contribution in [2.24, 2.45) is 11.8 Å². The van der Waals surface area contributed by atoms with Crippen molar-refractivity contribution in [3.63, 3.8) is 0 Å². The van der Waals surface area contributed by atoms with Gasteiger partial charge in [-0.1, -0.05) is 20.8 Å². The maximum Gasteiger partial charge on any atom is 0.314 e. The summed E-state index contributed by atoms with van der Waals surface area (Å²) in [6.07, 6.45) is 2.53. The van der Waals surface area contributed by atoms with Crippen LogP contribution in [0.25, 0.3) is 0 Å². The normalized spacial score (nSPS) is 23.2. The number of amides is 2. The van der Waals surface area contributed by atoms with Crippen molar-refractivity contribution in [1.82, 2.24) is 15.5 Å². The minimum atomic E-state index is -0.880. The van der Waals surface area contributed by atoms with Crippen molar-refractivity contribution in [2.75, 3.05) is 26.2 Å². The fourth-order valence-electron chi connectivity index (χ4n) is 2.67. The van der Waals surface area contributed by atoms with Crippen LogP contribution in [-0.4, -0.2) is 53.4 Å². The molecule has 1 aliphatic heterocycles. The van der Waals surface area contributed by atoms with Crippen molar-refractivity contribution in [3.8, 4) is 0 Å². The average Bonchev–Trinajstić information content (AvgIpc) is 2.43. The first-order valence-corrected chi connectivity index (χ1v) is 8.54. The number of hydrogen-bond acceptors (Lipinski definition) is 3. The number of aliphatic hydroxyl groups is 1. The molecule has 0 aromatic carbocycles. The van der Waals surface area contributed by atoms with E-state index in [1.165, 1.54) is 12.8 Å². The van der Waals surface area contributed by atoms with Crippen LogP contribution in [0.4, 0.5) is 4.79 Å². The molecular formula is C17H35N3O2. The van der Waals surface area contributed by atoms with E-state index in [1.54, 1.807) is 6.92 Å². The zero-order valence-corrected chi connectivity index (χ0v) is 15.2. The van der Waals surface area contributed by atoms with Crippen LogP contribution in [0.2, 0.25) is 0 Å². The third-order valence-corrected chi connectivity index (χ3v) is 5.05. The number of carbonyl (C=O) groups is 1. The highest BCUT2D eigenvalue weighted by atomic mass is 16.3. The van der Waals surface area contributed by atoms with Crippen LogP contribution in [0.1, 0.15) is 54.4 Å². The lowest BCUT2D eigenvalue weighted by Gasteiger charge is -2.43. The lowest BCUT2D eigenvalue weighted by atomic mass is 9.92. The van der Waals surface area contributed by atoms with Crippen LogP contribution in [0.15, 0.2) is 0 Å². The van der Waals surface area contributed by atoms with Gasteiger partial charge in [-0.2, -0.15) is 0 Å². The van der Waals surface area contributed by atoms with E-state index in [0.717, 1.165) is 19.0 Å². The minimum Gasteiger partial charge on any atom is -0.388 e. The Labute approximate surface area is 135 Å².